The second-order valence-corrected chi connectivity index (χ2v) is 7.87. The van der Waals surface area contributed by atoms with Crippen LogP contribution in [0.1, 0.15) is 18.4 Å². The molecule has 2 aromatic carbocycles. The average Bonchev–Trinajstić information content (AvgIpc) is 3.42. The fraction of sp³-hybridized carbons (Fsp3) is 0.250. The van der Waals surface area contributed by atoms with E-state index < -0.39 is 0 Å². The Balaban J connectivity index is 1.44. The van der Waals surface area contributed by atoms with Crippen molar-refractivity contribution in [2.75, 3.05) is 5.75 Å². The number of hydrogen-bond acceptors (Lipinski definition) is 4. The molecular weight excluding hydrogens is 380 g/mol. The molecule has 1 heterocycles. The molecule has 1 amide bonds. The zero-order valence-electron chi connectivity index (χ0n) is 14.7. The minimum absolute atomic E-state index is 0.131. The quantitative estimate of drug-likeness (QED) is 0.559. The molecule has 1 aliphatic carbocycles. The highest BCUT2D eigenvalue weighted by atomic mass is 35.5. The molecule has 1 aromatic heterocycles. The van der Waals surface area contributed by atoms with Gasteiger partial charge in [0.15, 0.2) is 5.16 Å². The summed E-state index contributed by atoms with van der Waals surface area (Å²) in [5.74, 6) is 0.467. The van der Waals surface area contributed by atoms with Gasteiger partial charge < -0.3 is 4.90 Å². The maximum absolute atomic E-state index is 12.9. The third-order valence-electron chi connectivity index (χ3n) is 4.43. The molecule has 7 heteroatoms. The van der Waals surface area contributed by atoms with Gasteiger partial charge in [0, 0.05) is 17.6 Å². The van der Waals surface area contributed by atoms with Crippen LogP contribution in [0.5, 0.6) is 0 Å². The van der Waals surface area contributed by atoms with Crippen LogP contribution in [-0.2, 0) is 11.3 Å². The Morgan fingerprint density at radius 3 is 2.74 bits per heavy atom. The Kier molecular flexibility index (Phi) is 5.45. The molecule has 0 spiro atoms. The summed E-state index contributed by atoms with van der Waals surface area (Å²) < 4.78 is 1.85. The van der Waals surface area contributed by atoms with Gasteiger partial charge >= 0.3 is 0 Å². The molecule has 138 valence electrons. The van der Waals surface area contributed by atoms with Gasteiger partial charge in [0.2, 0.25) is 5.91 Å². The lowest BCUT2D eigenvalue weighted by molar-refractivity contribution is -0.129. The number of nitrogens with zero attached hydrogens (tertiary/aromatic N) is 4. The summed E-state index contributed by atoms with van der Waals surface area (Å²) in [6, 6.07) is 18.0. The normalized spacial score (nSPS) is 13.5. The summed E-state index contributed by atoms with van der Waals surface area (Å²) in [5.41, 5.74) is 2.04. The highest BCUT2D eigenvalue weighted by Crippen LogP contribution is 2.30. The van der Waals surface area contributed by atoms with Gasteiger partial charge in [-0.1, -0.05) is 59.8 Å². The first-order chi connectivity index (χ1) is 13.2. The second-order valence-electron chi connectivity index (χ2n) is 6.49. The number of amides is 1. The highest BCUT2D eigenvalue weighted by Gasteiger charge is 2.32. The van der Waals surface area contributed by atoms with Gasteiger partial charge in [-0.2, -0.15) is 0 Å². The minimum atomic E-state index is 0.131. The van der Waals surface area contributed by atoms with Crippen molar-refractivity contribution < 1.29 is 4.79 Å². The molecule has 27 heavy (non-hydrogen) atoms. The third kappa shape index (κ3) is 4.51. The van der Waals surface area contributed by atoms with Crippen molar-refractivity contribution in [2.45, 2.75) is 30.6 Å². The summed E-state index contributed by atoms with van der Waals surface area (Å²) >= 11 is 7.48. The zero-order valence-corrected chi connectivity index (χ0v) is 16.2. The fourth-order valence-corrected chi connectivity index (χ4v) is 3.92. The molecular formula is C20H19ClN4OS. The van der Waals surface area contributed by atoms with Gasteiger partial charge in [0.1, 0.15) is 6.33 Å². The molecule has 0 N–H and O–H groups in total. The molecule has 1 saturated carbocycles. The summed E-state index contributed by atoms with van der Waals surface area (Å²) in [5, 5.41) is 9.48. The first-order valence-corrected chi connectivity index (χ1v) is 10.2. The Morgan fingerprint density at radius 1 is 1.19 bits per heavy atom. The molecule has 0 aliphatic heterocycles. The number of aromatic nitrogens is 3. The molecule has 5 nitrogen and oxygen atoms in total. The topological polar surface area (TPSA) is 51.0 Å². The van der Waals surface area contributed by atoms with Gasteiger partial charge in [0.05, 0.1) is 11.4 Å². The Labute approximate surface area is 167 Å². The lowest BCUT2D eigenvalue weighted by Gasteiger charge is -2.22. The molecule has 0 unspecified atom stereocenters. The SMILES string of the molecule is O=C(CSc1nncn1-c1cccc(Cl)c1)N(Cc1ccccc1)C1CC1. The standard InChI is InChI=1S/C20H19ClN4OS/c21-16-7-4-8-18(11-16)25-14-22-23-20(25)27-13-19(26)24(17-9-10-17)12-15-5-2-1-3-6-15/h1-8,11,14,17H,9-10,12-13H2. The molecule has 3 aromatic rings. The minimum Gasteiger partial charge on any atom is -0.335 e. The first-order valence-electron chi connectivity index (χ1n) is 8.83. The van der Waals surface area contributed by atoms with Crippen LogP contribution in [0.2, 0.25) is 5.02 Å². The van der Waals surface area contributed by atoms with Crippen molar-refractivity contribution in [1.82, 2.24) is 19.7 Å². The van der Waals surface area contributed by atoms with E-state index in [1.54, 1.807) is 6.33 Å². The molecule has 0 atom stereocenters. The number of hydrogen-bond donors (Lipinski definition) is 0. The van der Waals surface area contributed by atoms with Gasteiger partial charge in [-0.25, -0.2) is 0 Å². The predicted molar refractivity (Wildman–Crippen MR) is 107 cm³/mol. The molecule has 1 aliphatic rings. The van der Waals surface area contributed by atoms with Crippen LogP contribution < -0.4 is 0 Å². The van der Waals surface area contributed by atoms with E-state index in [9.17, 15) is 4.79 Å². The van der Waals surface area contributed by atoms with Crippen LogP contribution in [0.4, 0.5) is 0 Å². The predicted octanol–water partition coefficient (Wildman–Crippen LogP) is 4.20. The van der Waals surface area contributed by atoms with Crippen molar-refractivity contribution in [1.29, 1.82) is 0 Å². The highest BCUT2D eigenvalue weighted by molar-refractivity contribution is 7.99. The van der Waals surface area contributed by atoms with E-state index in [0.29, 0.717) is 28.5 Å². The lowest BCUT2D eigenvalue weighted by Crippen LogP contribution is -2.34. The lowest BCUT2D eigenvalue weighted by atomic mass is 10.2. The van der Waals surface area contributed by atoms with Crippen LogP contribution in [0.3, 0.4) is 0 Å². The molecule has 1 fully saturated rings. The Bertz CT molecular complexity index is 926. The molecule has 4 rings (SSSR count). The number of thioether (sulfide) groups is 1. The monoisotopic (exact) mass is 398 g/mol. The average molecular weight is 399 g/mol. The number of benzene rings is 2. The molecule has 0 bridgehead atoms. The number of carbonyl (C=O) groups is 1. The smallest absolute Gasteiger partial charge is 0.233 e. The third-order valence-corrected chi connectivity index (χ3v) is 5.59. The number of halogens is 1. The number of carbonyl (C=O) groups excluding carboxylic acids is 1. The van der Waals surface area contributed by atoms with E-state index >= 15 is 0 Å². The van der Waals surface area contributed by atoms with E-state index in [0.717, 1.165) is 24.1 Å². The van der Waals surface area contributed by atoms with Crippen molar-refractivity contribution in [3.8, 4) is 5.69 Å². The molecule has 0 saturated heterocycles. The second kappa shape index (κ2) is 8.15. The van der Waals surface area contributed by atoms with Crippen LogP contribution in [0.15, 0.2) is 66.1 Å². The van der Waals surface area contributed by atoms with E-state index in [4.69, 9.17) is 11.6 Å². The van der Waals surface area contributed by atoms with Crippen LogP contribution in [0, 0.1) is 0 Å². The summed E-state index contributed by atoms with van der Waals surface area (Å²) in [7, 11) is 0. The van der Waals surface area contributed by atoms with Crippen molar-refractivity contribution >= 4 is 29.3 Å². The summed E-state index contributed by atoms with van der Waals surface area (Å²) in [6.45, 7) is 0.659. The first kappa shape index (κ1) is 18.1. The van der Waals surface area contributed by atoms with E-state index in [2.05, 4.69) is 22.3 Å². The summed E-state index contributed by atoms with van der Waals surface area (Å²) in [6.07, 6.45) is 3.81. The zero-order chi connectivity index (χ0) is 18.6. The largest absolute Gasteiger partial charge is 0.335 e. The van der Waals surface area contributed by atoms with Crippen molar-refractivity contribution in [2.24, 2.45) is 0 Å². The molecule has 0 radical (unpaired) electrons. The maximum Gasteiger partial charge on any atom is 0.233 e. The number of rotatable bonds is 7. The van der Waals surface area contributed by atoms with Crippen LogP contribution in [0.25, 0.3) is 5.69 Å². The van der Waals surface area contributed by atoms with Gasteiger partial charge in [-0.05, 0) is 36.6 Å². The van der Waals surface area contributed by atoms with Crippen LogP contribution in [-0.4, -0.2) is 37.4 Å². The Morgan fingerprint density at radius 2 is 2.00 bits per heavy atom. The van der Waals surface area contributed by atoms with Crippen LogP contribution >= 0.6 is 23.4 Å². The van der Waals surface area contributed by atoms with Crippen molar-refractivity contribution in [3.63, 3.8) is 0 Å². The van der Waals surface area contributed by atoms with Gasteiger partial charge in [0.25, 0.3) is 0 Å². The van der Waals surface area contributed by atoms with Crippen molar-refractivity contribution in [3.05, 3.63) is 71.5 Å². The van der Waals surface area contributed by atoms with E-state index in [1.165, 1.54) is 11.8 Å². The van der Waals surface area contributed by atoms with Gasteiger partial charge in [-0.3, -0.25) is 9.36 Å². The van der Waals surface area contributed by atoms with E-state index in [-0.39, 0.29) is 5.91 Å². The summed E-state index contributed by atoms with van der Waals surface area (Å²) in [4.78, 5) is 14.8. The Hall–Kier alpha value is -2.31. The van der Waals surface area contributed by atoms with E-state index in [1.807, 2.05) is 51.9 Å². The van der Waals surface area contributed by atoms with Gasteiger partial charge in [-0.15, -0.1) is 10.2 Å². The maximum atomic E-state index is 12.9. The fourth-order valence-electron chi connectivity index (χ4n) is 2.92.